The van der Waals surface area contributed by atoms with Gasteiger partial charge in [0.15, 0.2) is 0 Å². The maximum absolute atomic E-state index is 13.6. The number of halogens is 3. The Kier molecular flexibility index (Phi) is 4.13. The average Bonchev–Trinajstić information content (AvgIpc) is 2.32. The van der Waals surface area contributed by atoms with Gasteiger partial charge in [0.2, 0.25) is 5.28 Å². The Morgan fingerprint density at radius 2 is 2.00 bits per heavy atom. The largest absolute Gasteiger partial charge is 0.386 e. The van der Waals surface area contributed by atoms with Gasteiger partial charge in [-0.15, -0.1) is 0 Å². The summed E-state index contributed by atoms with van der Waals surface area (Å²) < 4.78 is 13.6. The van der Waals surface area contributed by atoms with Gasteiger partial charge in [-0.2, -0.15) is 0 Å². The molecule has 2 aromatic rings. The van der Waals surface area contributed by atoms with E-state index >= 15 is 0 Å². The molecule has 1 heterocycles. The molecule has 0 radical (unpaired) electrons. The molecule has 0 aliphatic rings. The molecular weight excluding hydrogens is 304 g/mol. The summed E-state index contributed by atoms with van der Waals surface area (Å²) in [6, 6.07) is 4.17. The number of benzene rings is 1. The Labute approximate surface area is 125 Å². The summed E-state index contributed by atoms with van der Waals surface area (Å²) in [5.41, 5.74) is -0.447. The SMILES string of the molecule is CC(C)(O)c1cc(F)c(Cl)cc1Nc1ccnc(Cl)n1. The van der Waals surface area contributed by atoms with E-state index in [0.717, 1.165) is 0 Å². The van der Waals surface area contributed by atoms with E-state index < -0.39 is 11.4 Å². The first-order chi connectivity index (χ1) is 9.27. The van der Waals surface area contributed by atoms with Crippen molar-refractivity contribution in [2.24, 2.45) is 0 Å². The third-order valence-electron chi connectivity index (χ3n) is 2.61. The van der Waals surface area contributed by atoms with Crippen molar-refractivity contribution in [1.29, 1.82) is 0 Å². The van der Waals surface area contributed by atoms with Crippen LogP contribution in [0.25, 0.3) is 0 Å². The summed E-state index contributed by atoms with van der Waals surface area (Å²) in [6.07, 6.45) is 1.48. The maximum atomic E-state index is 13.6. The fourth-order valence-corrected chi connectivity index (χ4v) is 2.01. The van der Waals surface area contributed by atoms with Gasteiger partial charge in [-0.1, -0.05) is 11.6 Å². The van der Waals surface area contributed by atoms with Crippen LogP contribution in [0.2, 0.25) is 10.3 Å². The van der Waals surface area contributed by atoms with E-state index in [2.05, 4.69) is 15.3 Å². The van der Waals surface area contributed by atoms with Crippen LogP contribution in [0.3, 0.4) is 0 Å². The second-order valence-electron chi connectivity index (χ2n) is 4.71. The number of nitrogens with zero attached hydrogens (tertiary/aromatic N) is 2. The van der Waals surface area contributed by atoms with Crippen molar-refractivity contribution in [2.75, 3.05) is 5.32 Å². The monoisotopic (exact) mass is 315 g/mol. The summed E-state index contributed by atoms with van der Waals surface area (Å²) in [5, 5.41) is 13.1. The molecule has 0 amide bonds. The minimum Gasteiger partial charge on any atom is -0.386 e. The number of rotatable bonds is 3. The molecule has 0 saturated heterocycles. The lowest BCUT2D eigenvalue weighted by Gasteiger charge is -2.22. The zero-order valence-electron chi connectivity index (χ0n) is 10.8. The minimum absolute atomic E-state index is 0.0550. The van der Waals surface area contributed by atoms with Crippen molar-refractivity contribution in [3.05, 3.63) is 46.1 Å². The van der Waals surface area contributed by atoms with Crippen LogP contribution in [-0.2, 0) is 5.60 Å². The van der Waals surface area contributed by atoms with Gasteiger partial charge in [-0.3, -0.25) is 0 Å². The molecule has 0 atom stereocenters. The first-order valence-corrected chi connectivity index (χ1v) is 6.50. The quantitative estimate of drug-likeness (QED) is 0.843. The smallest absolute Gasteiger partial charge is 0.224 e. The highest BCUT2D eigenvalue weighted by Gasteiger charge is 2.22. The van der Waals surface area contributed by atoms with Gasteiger partial charge < -0.3 is 10.4 Å². The summed E-state index contributed by atoms with van der Waals surface area (Å²) >= 11 is 11.5. The molecule has 1 aromatic heterocycles. The fourth-order valence-electron chi connectivity index (χ4n) is 1.70. The number of anilines is 2. The van der Waals surface area contributed by atoms with E-state index in [0.29, 0.717) is 17.1 Å². The molecule has 0 fully saturated rings. The van der Waals surface area contributed by atoms with Crippen molar-refractivity contribution in [3.63, 3.8) is 0 Å². The van der Waals surface area contributed by atoms with E-state index in [1.165, 1.54) is 18.3 Å². The molecular formula is C13H12Cl2FN3O. The van der Waals surface area contributed by atoms with Crippen molar-refractivity contribution >= 4 is 34.7 Å². The summed E-state index contributed by atoms with van der Waals surface area (Å²) in [4.78, 5) is 7.73. The normalized spacial score (nSPS) is 11.5. The van der Waals surface area contributed by atoms with Gasteiger partial charge in [0.05, 0.1) is 10.6 Å². The summed E-state index contributed by atoms with van der Waals surface area (Å²) in [7, 11) is 0. The topological polar surface area (TPSA) is 58.0 Å². The van der Waals surface area contributed by atoms with Crippen molar-refractivity contribution in [2.45, 2.75) is 19.4 Å². The highest BCUT2D eigenvalue weighted by molar-refractivity contribution is 6.31. The van der Waals surface area contributed by atoms with Gasteiger partial charge in [0.1, 0.15) is 11.6 Å². The molecule has 2 rings (SSSR count). The number of hydrogen-bond acceptors (Lipinski definition) is 4. The Bertz CT molecular complexity index is 644. The van der Waals surface area contributed by atoms with Crippen LogP contribution in [0.15, 0.2) is 24.4 Å². The Balaban J connectivity index is 2.47. The lowest BCUT2D eigenvalue weighted by molar-refractivity contribution is 0.0790. The number of aromatic nitrogens is 2. The van der Waals surface area contributed by atoms with Crippen molar-refractivity contribution in [1.82, 2.24) is 9.97 Å². The second kappa shape index (κ2) is 5.52. The maximum Gasteiger partial charge on any atom is 0.224 e. The van der Waals surface area contributed by atoms with Gasteiger partial charge in [-0.25, -0.2) is 14.4 Å². The summed E-state index contributed by atoms with van der Waals surface area (Å²) in [6.45, 7) is 3.10. The molecule has 0 unspecified atom stereocenters. The predicted molar refractivity (Wildman–Crippen MR) is 77.0 cm³/mol. The zero-order valence-corrected chi connectivity index (χ0v) is 12.3. The Hall–Kier alpha value is -1.43. The Morgan fingerprint density at radius 1 is 1.30 bits per heavy atom. The van der Waals surface area contributed by atoms with Gasteiger partial charge >= 0.3 is 0 Å². The lowest BCUT2D eigenvalue weighted by Crippen LogP contribution is -2.18. The van der Waals surface area contributed by atoms with Crippen LogP contribution >= 0.6 is 23.2 Å². The van der Waals surface area contributed by atoms with E-state index in [1.807, 2.05) is 0 Å². The molecule has 0 bridgehead atoms. The average molecular weight is 316 g/mol. The van der Waals surface area contributed by atoms with E-state index in [-0.39, 0.29) is 10.3 Å². The molecule has 0 saturated carbocycles. The lowest BCUT2D eigenvalue weighted by atomic mass is 9.96. The predicted octanol–water partition coefficient (Wildman–Crippen LogP) is 3.89. The van der Waals surface area contributed by atoms with Crippen LogP contribution in [0, 0.1) is 5.82 Å². The van der Waals surface area contributed by atoms with Gasteiger partial charge in [0, 0.05) is 17.4 Å². The molecule has 0 aliphatic carbocycles. The number of nitrogens with one attached hydrogen (secondary N) is 1. The molecule has 0 aliphatic heterocycles. The van der Waals surface area contributed by atoms with Crippen LogP contribution in [0.1, 0.15) is 19.4 Å². The minimum atomic E-state index is -1.25. The number of aliphatic hydroxyl groups is 1. The third-order valence-corrected chi connectivity index (χ3v) is 3.08. The first-order valence-electron chi connectivity index (χ1n) is 5.75. The molecule has 20 heavy (non-hydrogen) atoms. The van der Waals surface area contributed by atoms with Crippen LogP contribution in [0.4, 0.5) is 15.9 Å². The molecule has 0 spiro atoms. The highest BCUT2D eigenvalue weighted by Crippen LogP contribution is 2.33. The molecule has 7 heteroatoms. The first kappa shape index (κ1) is 15.0. The molecule has 1 aromatic carbocycles. The van der Waals surface area contributed by atoms with Gasteiger partial charge in [-0.05, 0) is 43.6 Å². The van der Waals surface area contributed by atoms with Crippen molar-refractivity contribution < 1.29 is 9.50 Å². The highest BCUT2D eigenvalue weighted by atomic mass is 35.5. The second-order valence-corrected chi connectivity index (χ2v) is 5.45. The third kappa shape index (κ3) is 3.36. The summed E-state index contributed by atoms with van der Waals surface area (Å²) in [5.74, 6) is -0.187. The Morgan fingerprint density at radius 3 is 2.60 bits per heavy atom. The van der Waals surface area contributed by atoms with Crippen molar-refractivity contribution in [3.8, 4) is 0 Å². The fraction of sp³-hybridized carbons (Fsp3) is 0.231. The van der Waals surface area contributed by atoms with Crippen LogP contribution < -0.4 is 5.32 Å². The van der Waals surface area contributed by atoms with Crippen LogP contribution in [-0.4, -0.2) is 15.1 Å². The molecule has 2 N–H and O–H groups in total. The standard InChI is InChI=1S/C13H12Cl2FN3O/c1-13(2,20)7-5-9(16)8(14)6-10(7)18-11-3-4-17-12(15)19-11/h3-6,20H,1-2H3,(H,17,18,19). The molecule has 4 nitrogen and oxygen atoms in total. The van der Waals surface area contributed by atoms with Crippen LogP contribution in [0.5, 0.6) is 0 Å². The van der Waals surface area contributed by atoms with E-state index in [9.17, 15) is 9.50 Å². The number of hydrogen-bond donors (Lipinski definition) is 2. The van der Waals surface area contributed by atoms with E-state index in [4.69, 9.17) is 23.2 Å². The van der Waals surface area contributed by atoms with Gasteiger partial charge in [0.25, 0.3) is 0 Å². The van der Waals surface area contributed by atoms with E-state index in [1.54, 1.807) is 19.9 Å². The molecule has 106 valence electrons. The zero-order chi connectivity index (χ0) is 14.9.